The first-order valence-electron chi connectivity index (χ1n) is 8.53. The Hall–Kier alpha value is -2.13. The average molecular weight is 394 g/mol. The second kappa shape index (κ2) is 5.99. The highest BCUT2D eigenvalue weighted by Gasteiger charge is 2.36. The van der Waals surface area contributed by atoms with E-state index in [4.69, 9.17) is 0 Å². The minimum absolute atomic E-state index is 0.0938. The molecule has 3 heteroatoms. The van der Waals surface area contributed by atoms with Gasteiger partial charge in [0.25, 0.3) is 5.91 Å². The Balaban J connectivity index is 1.76. The molecule has 0 unspecified atom stereocenters. The summed E-state index contributed by atoms with van der Waals surface area (Å²) >= 11 is 3.43. The maximum Gasteiger partial charge on any atom is 0.254 e. The average Bonchev–Trinajstić information content (AvgIpc) is 2.60. The van der Waals surface area contributed by atoms with Gasteiger partial charge in [-0.3, -0.25) is 4.79 Å². The summed E-state index contributed by atoms with van der Waals surface area (Å²) in [7, 11) is 0. The van der Waals surface area contributed by atoms with E-state index in [1.807, 2.05) is 29.2 Å². The van der Waals surface area contributed by atoms with Crippen LogP contribution in [-0.4, -0.2) is 16.3 Å². The van der Waals surface area contributed by atoms with E-state index in [0.717, 1.165) is 16.5 Å². The van der Waals surface area contributed by atoms with E-state index in [1.165, 1.54) is 21.9 Å². The highest BCUT2D eigenvalue weighted by Crippen LogP contribution is 2.36. The van der Waals surface area contributed by atoms with Gasteiger partial charge in [-0.2, -0.15) is 0 Å². The zero-order valence-electron chi connectivity index (χ0n) is 14.4. The largest absolute Gasteiger partial charge is 0.329 e. The molecule has 3 aromatic rings. The van der Waals surface area contributed by atoms with Gasteiger partial charge < -0.3 is 4.90 Å². The molecule has 0 bridgehead atoms. The zero-order chi connectivity index (χ0) is 17.6. The maximum absolute atomic E-state index is 13.1. The lowest BCUT2D eigenvalue weighted by atomic mass is 9.82. The molecule has 3 aromatic carbocycles. The van der Waals surface area contributed by atoms with Crippen LogP contribution in [0.25, 0.3) is 10.8 Å². The Labute approximate surface area is 156 Å². The molecule has 0 aliphatic carbocycles. The number of fused-ring (bicyclic) bond motifs is 3. The number of hydrogen-bond acceptors (Lipinski definition) is 1. The van der Waals surface area contributed by atoms with Gasteiger partial charge in [-0.15, -0.1) is 0 Å². The predicted octanol–water partition coefficient (Wildman–Crippen LogP) is 5.58. The first kappa shape index (κ1) is 16.3. The van der Waals surface area contributed by atoms with Crippen molar-refractivity contribution in [2.24, 2.45) is 0 Å². The lowest BCUT2D eigenvalue weighted by Gasteiger charge is -2.44. The minimum atomic E-state index is -0.221. The summed E-state index contributed by atoms with van der Waals surface area (Å²) in [6.45, 7) is 4.98. The summed E-state index contributed by atoms with van der Waals surface area (Å²) in [5.41, 5.74) is 3.15. The van der Waals surface area contributed by atoms with Gasteiger partial charge in [0.05, 0.1) is 0 Å². The van der Waals surface area contributed by atoms with Crippen LogP contribution in [0.1, 0.15) is 35.3 Å². The fourth-order valence-corrected chi connectivity index (χ4v) is 4.01. The Morgan fingerprint density at radius 3 is 2.48 bits per heavy atom. The van der Waals surface area contributed by atoms with E-state index in [0.29, 0.717) is 6.54 Å². The number of hydrogen-bond donors (Lipinski definition) is 0. The molecule has 0 saturated carbocycles. The molecular formula is C22H20BrNO. The van der Waals surface area contributed by atoms with Gasteiger partial charge in [0.2, 0.25) is 0 Å². The van der Waals surface area contributed by atoms with Gasteiger partial charge in [0.15, 0.2) is 0 Å². The zero-order valence-corrected chi connectivity index (χ0v) is 16.0. The fourth-order valence-electron chi connectivity index (χ4n) is 3.75. The summed E-state index contributed by atoms with van der Waals surface area (Å²) in [5, 5.41) is 2.58. The van der Waals surface area contributed by atoms with Gasteiger partial charge >= 0.3 is 0 Å². The first-order valence-corrected chi connectivity index (χ1v) is 9.32. The molecule has 0 saturated heterocycles. The van der Waals surface area contributed by atoms with Gasteiger partial charge in [0.1, 0.15) is 0 Å². The van der Waals surface area contributed by atoms with Crippen LogP contribution >= 0.6 is 15.9 Å². The normalized spacial score (nSPS) is 15.9. The van der Waals surface area contributed by atoms with Crippen molar-refractivity contribution in [3.63, 3.8) is 0 Å². The molecule has 4 rings (SSSR count). The van der Waals surface area contributed by atoms with Gasteiger partial charge in [-0.05, 0) is 66.4 Å². The first-order chi connectivity index (χ1) is 12.0. The van der Waals surface area contributed by atoms with Gasteiger partial charge in [-0.1, -0.05) is 52.3 Å². The fraction of sp³-hybridized carbons (Fsp3) is 0.227. The highest BCUT2D eigenvalue weighted by atomic mass is 79.9. The molecular weight excluding hydrogens is 374 g/mol. The van der Waals surface area contributed by atoms with Crippen LogP contribution in [0.15, 0.2) is 65.1 Å². The Bertz CT molecular complexity index is 959. The summed E-state index contributed by atoms with van der Waals surface area (Å²) in [4.78, 5) is 15.1. The van der Waals surface area contributed by atoms with Crippen LogP contribution in [0, 0.1) is 0 Å². The van der Waals surface area contributed by atoms with E-state index in [1.54, 1.807) is 0 Å². The second-order valence-electron chi connectivity index (χ2n) is 7.31. The van der Waals surface area contributed by atoms with Gasteiger partial charge in [-0.25, -0.2) is 0 Å². The summed E-state index contributed by atoms with van der Waals surface area (Å²) in [6, 6.07) is 20.5. The Kier molecular flexibility index (Phi) is 3.92. The Morgan fingerprint density at radius 1 is 1.00 bits per heavy atom. The van der Waals surface area contributed by atoms with Gasteiger partial charge in [0, 0.05) is 22.1 Å². The van der Waals surface area contributed by atoms with E-state index in [9.17, 15) is 4.79 Å². The smallest absolute Gasteiger partial charge is 0.254 e. The maximum atomic E-state index is 13.1. The van der Waals surface area contributed by atoms with Crippen molar-refractivity contribution in [2.45, 2.75) is 32.4 Å². The molecule has 1 aliphatic rings. The third-order valence-electron chi connectivity index (χ3n) is 5.14. The quantitative estimate of drug-likeness (QED) is 0.528. The molecule has 0 fully saturated rings. The molecule has 0 atom stereocenters. The monoisotopic (exact) mass is 393 g/mol. The van der Waals surface area contributed by atoms with Crippen LogP contribution in [0.4, 0.5) is 0 Å². The van der Waals surface area contributed by atoms with Crippen molar-refractivity contribution in [1.82, 2.24) is 4.90 Å². The highest BCUT2D eigenvalue weighted by molar-refractivity contribution is 9.10. The van der Waals surface area contributed by atoms with E-state index in [2.05, 4.69) is 66.2 Å². The SMILES string of the molecule is CC1(C)Cc2c(ccc3ccccc23)CN1C(=O)c1ccc(Br)cc1. The molecule has 0 aromatic heterocycles. The second-order valence-corrected chi connectivity index (χ2v) is 8.23. The third kappa shape index (κ3) is 2.87. The van der Waals surface area contributed by atoms with Crippen LogP contribution < -0.4 is 0 Å². The molecule has 0 spiro atoms. The number of benzene rings is 3. The number of carbonyl (C=O) groups excluding carboxylic acids is 1. The Morgan fingerprint density at radius 2 is 1.72 bits per heavy atom. The van der Waals surface area contributed by atoms with Crippen LogP contribution in [-0.2, 0) is 13.0 Å². The molecule has 25 heavy (non-hydrogen) atoms. The summed E-state index contributed by atoms with van der Waals surface area (Å²) in [5.74, 6) is 0.0938. The van der Waals surface area contributed by atoms with Crippen LogP contribution in [0.3, 0.4) is 0 Å². The van der Waals surface area contributed by atoms with Crippen molar-refractivity contribution in [3.8, 4) is 0 Å². The molecule has 1 amide bonds. The number of nitrogens with zero attached hydrogens (tertiary/aromatic N) is 1. The third-order valence-corrected chi connectivity index (χ3v) is 5.67. The predicted molar refractivity (Wildman–Crippen MR) is 106 cm³/mol. The standard InChI is InChI=1S/C22H20BrNO/c1-22(2)13-20-17(8-7-15-5-3-4-6-19(15)20)14-24(22)21(25)16-9-11-18(23)12-10-16/h3-12H,13-14H2,1-2H3. The molecule has 0 N–H and O–H groups in total. The molecule has 0 radical (unpaired) electrons. The topological polar surface area (TPSA) is 20.3 Å². The number of halogens is 1. The molecule has 126 valence electrons. The number of rotatable bonds is 1. The summed E-state index contributed by atoms with van der Waals surface area (Å²) < 4.78 is 0.985. The number of amides is 1. The lowest BCUT2D eigenvalue weighted by molar-refractivity contribution is 0.0490. The molecule has 2 nitrogen and oxygen atoms in total. The van der Waals surface area contributed by atoms with Crippen molar-refractivity contribution in [3.05, 3.63) is 81.8 Å². The number of carbonyl (C=O) groups is 1. The molecule has 1 heterocycles. The van der Waals surface area contributed by atoms with Crippen molar-refractivity contribution in [2.75, 3.05) is 0 Å². The van der Waals surface area contributed by atoms with E-state index >= 15 is 0 Å². The van der Waals surface area contributed by atoms with Crippen LogP contribution in [0.2, 0.25) is 0 Å². The van der Waals surface area contributed by atoms with E-state index < -0.39 is 0 Å². The van der Waals surface area contributed by atoms with E-state index in [-0.39, 0.29) is 11.4 Å². The van der Waals surface area contributed by atoms with Crippen molar-refractivity contribution in [1.29, 1.82) is 0 Å². The minimum Gasteiger partial charge on any atom is -0.329 e. The lowest BCUT2D eigenvalue weighted by Crippen LogP contribution is -2.51. The van der Waals surface area contributed by atoms with Crippen molar-refractivity contribution >= 4 is 32.6 Å². The van der Waals surface area contributed by atoms with Crippen molar-refractivity contribution < 1.29 is 4.79 Å². The summed E-state index contributed by atoms with van der Waals surface area (Å²) in [6.07, 6.45) is 0.867. The van der Waals surface area contributed by atoms with Crippen LogP contribution in [0.5, 0.6) is 0 Å². The molecule has 1 aliphatic heterocycles.